The van der Waals surface area contributed by atoms with Gasteiger partial charge in [0.25, 0.3) is 5.91 Å². The summed E-state index contributed by atoms with van der Waals surface area (Å²) in [6.45, 7) is 3.64. The molecule has 1 amide bonds. The molecule has 0 bridgehead atoms. The third kappa shape index (κ3) is 4.05. The molecule has 0 saturated carbocycles. The first-order chi connectivity index (χ1) is 12.0. The van der Waals surface area contributed by atoms with E-state index in [9.17, 15) is 9.59 Å². The fourth-order valence-electron chi connectivity index (χ4n) is 2.95. The molecule has 0 atom stereocenters. The molecule has 25 heavy (non-hydrogen) atoms. The molecule has 1 N–H and O–H groups in total. The van der Waals surface area contributed by atoms with Gasteiger partial charge in [-0.1, -0.05) is 17.7 Å². The summed E-state index contributed by atoms with van der Waals surface area (Å²) < 4.78 is 5.40. The van der Waals surface area contributed by atoms with Crippen molar-refractivity contribution in [1.29, 1.82) is 0 Å². The van der Waals surface area contributed by atoms with Crippen LogP contribution in [-0.2, 0) is 17.6 Å². The van der Waals surface area contributed by atoms with E-state index in [4.69, 9.17) is 16.3 Å². The van der Waals surface area contributed by atoms with Gasteiger partial charge in [-0.2, -0.15) is 0 Å². The number of thiophene rings is 1. The van der Waals surface area contributed by atoms with Crippen molar-refractivity contribution in [2.75, 3.05) is 5.32 Å². The molecular weight excluding hydrogens is 358 g/mol. The van der Waals surface area contributed by atoms with E-state index < -0.39 is 0 Å². The van der Waals surface area contributed by atoms with Gasteiger partial charge in [0, 0.05) is 15.5 Å². The Kier molecular flexibility index (Phi) is 5.45. The molecule has 1 heterocycles. The minimum Gasteiger partial charge on any atom is -0.459 e. The van der Waals surface area contributed by atoms with Crippen molar-refractivity contribution < 1.29 is 14.3 Å². The Balaban J connectivity index is 1.93. The second kappa shape index (κ2) is 7.58. The molecule has 1 aliphatic rings. The van der Waals surface area contributed by atoms with Crippen LogP contribution in [0.4, 0.5) is 5.00 Å². The molecule has 1 aromatic heterocycles. The molecule has 4 nitrogen and oxygen atoms in total. The zero-order valence-electron chi connectivity index (χ0n) is 14.2. The highest BCUT2D eigenvalue weighted by atomic mass is 35.5. The topological polar surface area (TPSA) is 55.4 Å². The number of anilines is 1. The molecule has 2 aromatic rings. The quantitative estimate of drug-likeness (QED) is 0.754. The average molecular weight is 378 g/mol. The van der Waals surface area contributed by atoms with Gasteiger partial charge in [-0.25, -0.2) is 4.79 Å². The summed E-state index contributed by atoms with van der Waals surface area (Å²) in [5.41, 5.74) is 2.01. The van der Waals surface area contributed by atoms with Crippen molar-refractivity contribution >= 4 is 39.8 Å². The lowest BCUT2D eigenvalue weighted by Gasteiger charge is -2.14. The summed E-state index contributed by atoms with van der Waals surface area (Å²) in [5.74, 6) is -0.643. The number of aryl methyl sites for hydroxylation is 1. The zero-order valence-corrected chi connectivity index (χ0v) is 15.8. The van der Waals surface area contributed by atoms with Crippen LogP contribution >= 0.6 is 22.9 Å². The Morgan fingerprint density at radius 1 is 1.24 bits per heavy atom. The van der Waals surface area contributed by atoms with Crippen LogP contribution in [0.5, 0.6) is 0 Å². The van der Waals surface area contributed by atoms with Gasteiger partial charge < -0.3 is 10.1 Å². The monoisotopic (exact) mass is 377 g/mol. The van der Waals surface area contributed by atoms with Crippen molar-refractivity contribution in [3.63, 3.8) is 0 Å². The minimum absolute atomic E-state index is 0.205. The summed E-state index contributed by atoms with van der Waals surface area (Å²) in [4.78, 5) is 26.3. The van der Waals surface area contributed by atoms with E-state index in [1.165, 1.54) is 16.2 Å². The number of rotatable bonds is 4. The third-order valence-corrected chi connectivity index (χ3v) is 5.47. The fraction of sp³-hybridized carbons (Fsp3) is 0.368. The minimum atomic E-state index is -0.365. The van der Waals surface area contributed by atoms with Crippen LogP contribution in [0.2, 0.25) is 5.02 Å². The van der Waals surface area contributed by atoms with E-state index in [1.807, 2.05) is 13.8 Å². The lowest BCUT2D eigenvalue weighted by Crippen LogP contribution is -2.17. The highest BCUT2D eigenvalue weighted by Crippen LogP contribution is 2.39. The first-order valence-corrected chi connectivity index (χ1v) is 9.57. The van der Waals surface area contributed by atoms with Gasteiger partial charge in [0.05, 0.1) is 11.7 Å². The summed E-state index contributed by atoms with van der Waals surface area (Å²) in [6.07, 6.45) is 3.74. The molecule has 3 rings (SSSR count). The average Bonchev–Trinajstić information content (AvgIpc) is 2.92. The van der Waals surface area contributed by atoms with E-state index >= 15 is 0 Å². The first kappa shape index (κ1) is 18.0. The molecular formula is C19H20ClNO3S. The predicted molar refractivity (Wildman–Crippen MR) is 101 cm³/mol. The Morgan fingerprint density at radius 3 is 2.72 bits per heavy atom. The lowest BCUT2D eigenvalue weighted by molar-refractivity contribution is 0.0378. The van der Waals surface area contributed by atoms with E-state index in [2.05, 4.69) is 5.32 Å². The highest BCUT2D eigenvalue weighted by Gasteiger charge is 2.28. The van der Waals surface area contributed by atoms with Crippen LogP contribution in [0.15, 0.2) is 24.3 Å². The van der Waals surface area contributed by atoms with Crippen LogP contribution in [0.1, 0.15) is 57.8 Å². The molecule has 0 fully saturated rings. The largest absolute Gasteiger partial charge is 0.459 e. The number of carbonyl (C=O) groups excluding carboxylic acids is 2. The Morgan fingerprint density at radius 2 is 2.00 bits per heavy atom. The molecule has 6 heteroatoms. The van der Waals surface area contributed by atoms with Crippen LogP contribution in [0.3, 0.4) is 0 Å². The third-order valence-electron chi connectivity index (χ3n) is 4.03. The molecule has 132 valence electrons. The summed E-state index contributed by atoms with van der Waals surface area (Å²) in [5, 5.41) is 3.96. The Hall–Kier alpha value is -1.85. The summed E-state index contributed by atoms with van der Waals surface area (Å²) in [7, 11) is 0. The smallest absolute Gasteiger partial charge is 0.341 e. The van der Waals surface area contributed by atoms with Gasteiger partial charge in [-0.05, 0) is 63.3 Å². The molecule has 0 unspecified atom stereocenters. The molecule has 0 radical (unpaired) electrons. The number of fused-ring (bicyclic) bond motifs is 1. The van der Waals surface area contributed by atoms with Gasteiger partial charge in [0.1, 0.15) is 5.00 Å². The maximum Gasteiger partial charge on any atom is 0.341 e. The molecule has 0 spiro atoms. The van der Waals surface area contributed by atoms with E-state index in [-0.39, 0.29) is 18.0 Å². The Bertz CT molecular complexity index is 813. The number of hydrogen-bond donors (Lipinski definition) is 1. The number of ether oxygens (including phenoxy) is 1. The first-order valence-electron chi connectivity index (χ1n) is 8.38. The molecule has 0 saturated heterocycles. The van der Waals surface area contributed by atoms with E-state index in [1.54, 1.807) is 24.3 Å². The van der Waals surface area contributed by atoms with Gasteiger partial charge >= 0.3 is 5.97 Å². The number of nitrogens with one attached hydrogen (secondary N) is 1. The second-order valence-electron chi connectivity index (χ2n) is 6.33. The van der Waals surface area contributed by atoms with Crippen molar-refractivity contribution in [2.45, 2.75) is 45.6 Å². The second-order valence-corrected chi connectivity index (χ2v) is 7.88. The number of amides is 1. The summed E-state index contributed by atoms with van der Waals surface area (Å²) in [6, 6.07) is 6.75. The number of hydrogen-bond acceptors (Lipinski definition) is 4. The van der Waals surface area contributed by atoms with Crippen LogP contribution in [0, 0.1) is 0 Å². The number of carbonyl (C=O) groups is 2. The normalized spacial score (nSPS) is 13.4. The number of halogens is 1. The van der Waals surface area contributed by atoms with Crippen LogP contribution in [0.25, 0.3) is 0 Å². The highest BCUT2D eigenvalue weighted by molar-refractivity contribution is 7.17. The maximum absolute atomic E-state index is 12.6. The number of benzene rings is 1. The van der Waals surface area contributed by atoms with Gasteiger partial charge in [-0.3, -0.25) is 4.79 Å². The molecule has 1 aromatic carbocycles. The van der Waals surface area contributed by atoms with Crippen LogP contribution < -0.4 is 5.32 Å². The van der Waals surface area contributed by atoms with Crippen molar-refractivity contribution in [2.24, 2.45) is 0 Å². The van der Waals surface area contributed by atoms with Gasteiger partial charge in [0.2, 0.25) is 0 Å². The summed E-state index contributed by atoms with van der Waals surface area (Å²) >= 11 is 7.44. The van der Waals surface area contributed by atoms with E-state index in [0.717, 1.165) is 31.2 Å². The zero-order chi connectivity index (χ0) is 18.0. The van der Waals surface area contributed by atoms with Crippen molar-refractivity contribution in [3.8, 4) is 0 Å². The van der Waals surface area contributed by atoms with Crippen molar-refractivity contribution in [1.82, 2.24) is 0 Å². The fourth-order valence-corrected chi connectivity index (χ4v) is 4.41. The standard InChI is InChI=1S/C19H20ClNO3S/c1-11(2)24-19(23)16-14-8-3-4-9-15(14)25-18(16)21-17(22)12-6-5-7-13(20)10-12/h5-7,10-11H,3-4,8-9H2,1-2H3,(H,21,22). The van der Waals surface area contributed by atoms with Crippen LogP contribution in [-0.4, -0.2) is 18.0 Å². The lowest BCUT2D eigenvalue weighted by atomic mass is 9.95. The van der Waals surface area contributed by atoms with Gasteiger partial charge in [-0.15, -0.1) is 11.3 Å². The molecule has 1 aliphatic carbocycles. The SMILES string of the molecule is CC(C)OC(=O)c1c(NC(=O)c2cccc(Cl)c2)sc2c1CCCC2. The maximum atomic E-state index is 12.6. The number of esters is 1. The Labute approximate surface area is 156 Å². The predicted octanol–water partition coefficient (Wildman–Crippen LogP) is 5.10. The molecule has 0 aliphatic heterocycles. The van der Waals surface area contributed by atoms with Crippen molar-refractivity contribution in [3.05, 3.63) is 50.9 Å². The van der Waals surface area contributed by atoms with E-state index in [0.29, 0.717) is 21.2 Å². The van der Waals surface area contributed by atoms with Gasteiger partial charge in [0.15, 0.2) is 0 Å².